The number of amides is 4. The molecule has 0 radical (unpaired) electrons. The minimum absolute atomic E-state index is 0.0251. The number of carbonyl (C=O) groups excluding carboxylic acids is 10. The summed E-state index contributed by atoms with van der Waals surface area (Å²) in [5, 5.41) is 10.3. The lowest BCUT2D eigenvalue weighted by Crippen LogP contribution is -2.52. The third kappa shape index (κ3) is 18.4. The highest BCUT2D eigenvalue weighted by molar-refractivity contribution is 5.93. The molecule has 0 heterocycles. The third-order valence-corrected chi connectivity index (χ3v) is 10.8. The number of hydrogen-bond donors (Lipinski definition) is 4. The molecule has 4 amide bonds. The van der Waals surface area contributed by atoms with Crippen molar-refractivity contribution >= 4 is 58.5 Å². The van der Waals surface area contributed by atoms with Gasteiger partial charge in [0.25, 0.3) is 0 Å². The van der Waals surface area contributed by atoms with Crippen LogP contribution in [0.15, 0.2) is 48.5 Å². The van der Waals surface area contributed by atoms with Gasteiger partial charge in [-0.3, -0.25) is 33.6 Å². The second kappa shape index (κ2) is 27.3. The predicted molar refractivity (Wildman–Crippen MR) is 234 cm³/mol. The summed E-state index contributed by atoms with van der Waals surface area (Å²) in [6.07, 6.45) is -0.740. The lowest BCUT2D eigenvalue weighted by atomic mass is 9.91. The van der Waals surface area contributed by atoms with Crippen LogP contribution in [0.25, 0.3) is 11.1 Å². The molecule has 2 aromatic carbocycles. The fraction of sp³-hybridized carbons (Fsp3) is 0.532. The number of benzene rings is 2. The molecule has 2 aromatic rings. The highest BCUT2D eigenvalue weighted by Gasteiger charge is 2.30. The van der Waals surface area contributed by atoms with Crippen LogP contribution in [0.2, 0.25) is 0 Å². The van der Waals surface area contributed by atoms with Gasteiger partial charge in [0, 0.05) is 50.5 Å². The Bertz CT molecular complexity index is 1950. The SMILES string of the molecule is CC(=O)CCC(CC(=O)CCC(NC(=O)COCCOCCNC(=O)CCC(NC(=O)OCC1c2ccccc2-c2ccccc21)C(C)=O)C(=O)NC(CCC(C)=O)C(C)=O)C(C)=O. The standard InChI is InChI=1S/C47H62N4O13/c1-29(52)14-16-34(31(3)54)26-35(57)17-19-43(46(60)50-41(32(4)55)18-15-30(2)53)49-45(59)28-63-25-24-62-23-22-48-44(58)21-20-42(33(5)56)51-47(61)64-27-40-38-12-8-6-10-36(38)37-11-7-9-13-39(37)40/h6-13,34,40-43H,14-28H2,1-5H3,(H,48,58)(H,49,59)(H,50,60)(H,51,61). The van der Waals surface area contributed by atoms with Crippen LogP contribution in [0.4, 0.5) is 4.79 Å². The van der Waals surface area contributed by atoms with E-state index >= 15 is 0 Å². The first kappa shape index (κ1) is 52.4. The molecular weight excluding hydrogens is 829 g/mol. The maximum Gasteiger partial charge on any atom is 0.407 e. The molecule has 4 atom stereocenters. The molecule has 0 spiro atoms. The molecule has 3 rings (SSSR count). The van der Waals surface area contributed by atoms with Gasteiger partial charge in [-0.1, -0.05) is 48.5 Å². The fourth-order valence-electron chi connectivity index (χ4n) is 7.18. The number of Topliss-reactive ketones (excluding diaryl/α,β-unsaturated/α-hetero) is 6. The van der Waals surface area contributed by atoms with Gasteiger partial charge >= 0.3 is 6.09 Å². The quantitative estimate of drug-likeness (QED) is 0.0791. The highest BCUT2D eigenvalue weighted by Crippen LogP contribution is 2.44. The Balaban J connectivity index is 1.37. The Morgan fingerprint density at radius 3 is 1.70 bits per heavy atom. The van der Waals surface area contributed by atoms with E-state index in [1.807, 2.05) is 48.5 Å². The van der Waals surface area contributed by atoms with Crippen LogP contribution in [0, 0.1) is 5.92 Å². The van der Waals surface area contributed by atoms with Gasteiger partial charge in [0.15, 0.2) is 11.6 Å². The van der Waals surface area contributed by atoms with Gasteiger partial charge in [0.2, 0.25) is 17.7 Å². The number of rotatable bonds is 31. The Labute approximate surface area is 373 Å². The van der Waals surface area contributed by atoms with Gasteiger partial charge in [-0.15, -0.1) is 0 Å². The van der Waals surface area contributed by atoms with Crippen molar-refractivity contribution in [3.05, 3.63) is 59.7 Å². The Hall–Kier alpha value is -5.94. The molecule has 0 aromatic heterocycles. The zero-order valence-corrected chi connectivity index (χ0v) is 37.4. The second-order valence-electron chi connectivity index (χ2n) is 16.0. The zero-order valence-electron chi connectivity index (χ0n) is 37.4. The molecule has 4 unspecified atom stereocenters. The molecule has 0 saturated carbocycles. The maximum atomic E-state index is 13.3. The summed E-state index contributed by atoms with van der Waals surface area (Å²) in [5.74, 6) is -4.18. The minimum Gasteiger partial charge on any atom is -0.449 e. The van der Waals surface area contributed by atoms with Gasteiger partial charge in [0.05, 0.1) is 31.9 Å². The van der Waals surface area contributed by atoms with Crippen molar-refractivity contribution in [2.45, 2.75) is 116 Å². The predicted octanol–water partition coefficient (Wildman–Crippen LogP) is 3.65. The number of alkyl carbamates (subject to hydrolysis) is 1. The van der Waals surface area contributed by atoms with E-state index in [9.17, 15) is 47.9 Å². The van der Waals surface area contributed by atoms with Crippen LogP contribution in [0.1, 0.15) is 109 Å². The average molecular weight is 891 g/mol. The van der Waals surface area contributed by atoms with Crippen LogP contribution in [-0.4, -0.2) is 116 Å². The van der Waals surface area contributed by atoms with E-state index in [1.165, 1.54) is 34.6 Å². The molecule has 0 fully saturated rings. The van der Waals surface area contributed by atoms with Crippen LogP contribution in [-0.2, 0) is 57.4 Å². The molecule has 0 aliphatic heterocycles. The summed E-state index contributed by atoms with van der Waals surface area (Å²) in [7, 11) is 0. The number of ether oxygens (including phenoxy) is 3. The monoisotopic (exact) mass is 890 g/mol. The van der Waals surface area contributed by atoms with Crippen molar-refractivity contribution < 1.29 is 62.2 Å². The molecule has 17 heteroatoms. The van der Waals surface area contributed by atoms with Crippen LogP contribution >= 0.6 is 0 Å². The Kier molecular flexibility index (Phi) is 22.3. The minimum atomic E-state index is -1.25. The number of nitrogens with one attached hydrogen (secondary N) is 4. The molecule has 0 bridgehead atoms. The van der Waals surface area contributed by atoms with Crippen molar-refractivity contribution in [1.29, 1.82) is 0 Å². The largest absolute Gasteiger partial charge is 0.449 e. The summed E-state index contributed by atoms with van der Waals surface area (Å²) in [6.45, 7) is 6.54. The normalized spacial score (nSPS) is 13.5. The van der Waals surface area contributed by atoms with Crippen molar-refractivity contribution in [3.8, 4) is 11.1 Å². The first-order chi connectivity index (χ1) is 30.5. The summed E-state index contributed by atoms with van der Waals surface area (Å²) in [4.78, 5) is 124. The maximum absolute atomic E-state index is 13.3. The van der Waals surface area contributed by atoms with E-state index in [0.717, 1.165) is 22.3 Å². The number of hydrogen-bond acceptors (Lipinski definition) is 13. The third-order valence-electron chi connectivity index (χ3n) is 10.8. The van der Waals surface area contributed by atoms with E-state index in [-0.39, 0.29) is 132 Å². The van der Waals surface area contributed by atoms with Crippen molar-refractivity contribution in [2.75, 3.05) is 39.6 Å². The molecule has 0 saturated heterocycles. The number of fused-ring (bicyclic) bond motifs is 3. The Morgan fingerprint density at radius 1 is 0.562 bits per heavy atom. The second-order valence-corrected chi connectivity index (χ2v) is 16.0. The molecular formula is C47H62N4O13. The average Bonchev–Trinajstić information content (AvgIpc) is 3.56. The molecule has 1 aliphatic carbocycles. The topological polar surface area (TPSA) is 247 Å². The van der Waals surface area contributed by atoms with Gasteiger partial charge in [-0.05, 0) is 82.6 Å². The summed E-state index contributed by atoms with van der Waals surface area (Å²) in [5.41, 5.74) is 4.28. The van der Waals surface area contributed by atoms with Crippen LogP contribution in [0.5, 0.6) is 0 Å². The van der Waals surface area contributed by atoms with E-state index in [4.69, 9.17) is 14.2 Å². The van der Waals surface area contributed by atoms with Crippen molar-refractivity contribution in [1.82, 2.24) is 21.3 Å². The molecule has 348 valence electrons. The smallest absolute Gasteiger partial charge is 0.407 e. The molecule has 64 heavy (non-hydrogen) atoms. The van der Waals surface area contributed by atoms with E-state index < -0.39 is 54.3 Å². The lowest BCUT2D eigenvalue weighted by Gasteiger charge is -2.22. The van der Waals surface area contributed by atoms with E-state index in [0.29, 0.717) is 0 Å². The first-order valence-electron chi connectivity index (χ1n) is 21.6. The van der Waals surface area contributed by atoms with Crippen LogP contribution in [0.3, 0.4) is 0 Å². The van der Waals surface area contributed by atoms with Crippen molar-refractivity contribution in [2.24, 2.45) is 5.92 Å². The first-order valence-corrected chi connectivity index (χ1v) is 21.6. The summed E-state index contributed by atoms with van der Waals surface area (Å²) >= 11 is 0. The molecule has 1 aliphatic rings. The number of carbonyl (C=O) groups is 10. The summed E-state index contributed by atoms with van der Waals surface area (Å²) < 4.78 is 16.4. The lowest BCUT2D eigenvalue weighted by molar-refractivity contribution is -0.134. The zero-order chi connectivity index (χ0) is 47.2. The van der Waals surface area contributed by atoms with Gasteiger partial charge < -0.3 is 45.1 Å². The number of ketones is 6. The highest BCUT2D eigenvalue weighted by atomic mass is 16.5. The van der Waals surface area contributed by atoms with Crippen molar-refractivity contribution in [3.63, 3.8) is 0 Å². The van der Waals surface area contributed by atoms with E-state index in [2.05, 4.69) is 21.3 Å². The van der Waals surface area contributed by atoms with Gasteiger partial charge in [-0.2, -0.15) is 0 Å². The van der Waals surface area contributed by atoms with Crippen LogP contribution < -0.4 is 21.3 Å². The Morgan fingerprint density at radius 2 is 1.11 bits per heavy atom. The van der Waals surface area contributed by atoms with E-state index in [1.54, 1.807) is 0 Å². The molecule has 4 N–H and O–H groups in total. The fourth-order valence-corrected chi connectivity index (χ4v) is 7.18. The summed E-state index contributed by atoms with van der Waals surface area (Å²) in [6, 6.07) is 12.7. The van der Waals surface area contributed by atoms with Gasteiger partial charge in [0.1, 0.15) is 42.4 Å². The van der Waals surface area contributed by atoms with Gasteiger partial charge in [-0.25, -0.2) is 4.79 Å². The molecule has 17 nitrogen and oxygen atoms in total.